The number of anilines is 1. The summed E-state index contributed by atoms with van der Waals surface area (Å²) in [5.74, 6) is 0.207. The van der Waals surface area contributed by atoms with Crippen molar-refractivity contribution in [2.45, 2.75) is 38.4 Å². The highest BCUT2D eigenvalue weighted by atomic mass is 19.4. The Morgan fingerprint density at radius 2 is 1.68 bits per heavy atom. The molecular formula is C33H29F4N3O. The standard InChI is InChI=1S/C33H29F4N3O/c1-21(38-19-18-22-6-14-26(34)15-7-22)39-27-16-12-24-13-17-31(29(24)20-27)40-32(41)25-10-8-23(9-11-25)28-4-2-3-5-30(28)33(35,36)37/h2-12,14-16,20,31H,13,17-19H2,1H3,(H,38,39)(H,40,41)/t31-/m1/s1. The van der Waals surface area contributed by atoms with Gasteiger partial charge in [0.25, 0.3) is 5.91 Å². The van der Waals surface area contributed by atoms with E-state index in [4.69, 9.17) is 0 Å². The number of aliphatic imine (C=N–C) groups is 1. The number of hydrogen-bond donors (Lipinski definition) is 2. The number of carbonyl (C=O) groups excluding carboxylic acids is 1. The van der Waals surface area contributed by atoms with E-state index in [1.807, 2.05) is 25.1 Å². The summed E-state index contributed by atoms with van der Waals surface area (Å²) in [5.41, 5.74) is 4.20. The Labute approximate surface area is 236 Å². The van der Waals surface area contributed by atoms with E-state index in [0.29, 0.717) is 24.1 Å². The van der Waals surface area contributed by atoms with Crippen LogP contribution in [0.2, 0.25) is 0 Å². The second kappa shape index (κ2) is 12.0. The topological polar surface area (TPSA) is 53.5 Å². The number of amides is 1. The van der Waals surface area contributed by atoms with Gasteiger partial charge in [-0.25, -0.2) is 4.39 Å². The molecule has 41 heavy (non-hydrogen) atoms. The molecule has 8 heteroatoms. The zero-order valence-corrected chi connectivity index (χ0v) is 22.4. The number of carbonyl (C=O) groups is 1. The summed E-state index contributed by atoms with van der Waals surface area (Å²) in [6, 6.07) is 23.9. The number of nitrogens with zero attached hydrogens (tertiary/aromatic N) is 1. The van der Waals surface area contributed by atoms with Crippen LogP contribution in [0.1, 0.15) is 52.0 Å². The number of amidine groups is 1. The van der Waals surface area contributed by atoms with E-state index in [0.717, 1.165) is 47.1 Å². The minimum atomic E-state index is -4.47. The van der Waals surface area contributed by atoms with Crippen molar-refractivity contribution in [1.82, 2.24) is 5.32 Å². The summed E-state index contributed by atoms with van der Waals surface area (Å²) in [6.07, 6.45) is -2.18. The normalized spacial score (nSPS) is 15.0. The van der Waals surface area contributed by atoms with Crippen molar-refractivity contribution < 1.29 is 22.4 Å². The van der Waals surface area contributed by atoms with E-state index >= 15 is 0 Å². The van der Waals surface area contributed by atoms with Crippen molar-refractivity contribution in [1.29, 1.82) is 0 Å². The number of aryl methyl sites for hydroxylation is 1. The summed E-state index contributed by atoms with van der Waals surface area (Å²) >= 11 is 0. The summed E-state index contributed by atoms with van der Waals surface area (Å²) < 4.78 is 53.4. The molecule has 5 rings (SSSR count). The minimum absolute atomic E-state index is 0.0750. The smallest absolute Gasteiger partial charge is 0.345 e. The van der Waals surface area contributed by atoms with Crippen LogP contribution in [0.25, 0.3) is 11.1 Å². The Morgan fingerprint density at radius 3 is 2.41 bits per heavy atom. The zero-order valence-electron chi connectivity index (χ0n) is 22.4. The van der Waals surface area contributed by atoms with E-state index in [-0.39, 0.29) is 23.3 Å². The van der Waals surface area contributed by atoms with Crippen LogP contribution in [0, 0.1) is 5.82 Å². The van der Waals surface area contributed by atoms with Crippen LogP contribution in [-0.4, -0.2) is 18.3 Å². The van der Waals surface area contributed by atoms with Crippen LogP contribution in [0.4, 0.5) is 23.2 Å². The molecule has 4 aromatic carbocycles. The van der Waals surface area contributed by atoms with Crippen molar-refractivity contribution >= 4 is 17.4 Å². The predicted octanol–water partition coefficient (Wildman–Crippen LogP) is 8.00. The highest BCUT2D eigenvalue weighted by Gasteiger charge is 2.33. The first-order chi connectivity index (χ1) is 19.7. The first-order valence-electron chi connectivity index (χ1n) is 13.4. The lowest BCUT2D eigenvalue weighted by molar-refractivity contribution is -0.137. The van der Waals surface area contributed by atoms with E-state index in [9.17, 15) is 22.4 Å². The maximum Gasteiger partial charge on any atom is 0.417 e. The number of hydrogen-bond acceptors (Lipinski definition) is 2. The summed E-state index contributed by atoms with van der Waals surface area (Å²) in [7, 11) is 0. The number of fused-ring (bicyclic) bond motifs is 1. The van der Waals surface area contributed by atoms with Gasteiger partial charge < -0.3 is 10.6 Å². The fourth-order valence-corrected chi connectivity index (χ4v) is 5.11. The van der Waals surface area contributed by atoms with Crippen LogP contribution in [0.5, 0.6) is 0 Å². The zero-order chi connectivity index (χ0) is 29.0. The van der Waals surface area contributed by atoms with Gasteiger partial charge in [-0.05, 0) is 96.5 Å². The van der Waals surface area contributed by atoms with Gasteiger partial charge >= 0.3 is 6.18 Å². The molecule has 0 heterocycles. The van der Waals surface area contributed by atoms with Gasteiger partial charge in [0.15, 0.2) is 0 Å². The Balaban J connectivity index is 1.22. The monoisotopic (exact) mass is 559 g/mol. The van der Waals surface area contributed by atoms with Gasteiger partial charge in [0.05, 0.1) is 17.4 Å². The van der Waals surface area contributed by atoms with Gasteiger partial charge in [-0.2, -0.15) is 13.2 Å². The number of alkyl halides is 3. The molecule has 0 unspecified atom stereocenters. The van der Waals surface area contributed by atoms with E-state index < -0.39 is 11.7 Å². The van der Waals surface area contributed by atoms with Crippen molar-refractivity contribution in [2.75, 3.05) is 11.9 Å². The van der Waals surface area contributed by atoms with E-state index in [2.05, 4.69) is 15.6 Å². The van der Waals surface area contributed by atoms with Crippen molar-refractivity contribution in [3.05, 3.63) is 125 Å². The van der Waals surface area contributed by atoms with Crippen LogP contribution < -0.4 is 10.6 Å². The number of nitrogens with one attached hydrogen (secondary N) is 2. The Bertz CT molecular complexity index is 1560. The molecule has 2 N–H and O–H groups in total. The molecule has 4 nitrogen and oxygen atoms in total. The van der Waals surface area contributed by atoms with E-state index in [1.54, 1.807) is 42.5 Å². The van der Waals surface area contributed by atoms with Crippen molar-refractivity contribution in [3.8, 4) is 11.1 Å². The average molecular weight is 560 g/mol. The van der Waals surface area contributed by atoms with E-state index in [1.165, 1.54) is 24.3 Å². The lowest BCUT2D eigenvalue weighted by Gasteiger charge is -2.16. The molecule has 1 amide bonds. The highest BCUT2D eigenvalue weighted by molar-refractivity contribution is 5.95. The molecule has 0 aliphatic heterocycles. The summed E-state index contributed by atoms with van der Waals surface area (Å²) in [4.78, 5) is 17.6. The third-order valence-corrected chi connectivity index (χ3v) is 7.21. The fraction of sp³-hybridized carbons (Fsp3) is 0.212. The molecule has 0 saturated heterocycles. The predicted molar refractivity (Wildman–Crippen MR) is 154 cm³/mol. The maximum atomic E-state index is 13.4. The SMILES string of the molecule is CC(=NCCc1ccc(F)cc1)Nc1ccc2c(c1)[C@H](NC(=O)c1ccc(-c3ccccc3C(F)(F)F)cc1)CC2. The van der Waals surface area contributed by atoms with Crippen LogP contribution in [0.3, 0.4) is 0 Å². The summed E-state index contributed by atoms with van der Waals surface area (Å²) in [5, 5.41) is 6.39. The van der Waals surface area contributed by atoms with Gasteiger partial charge in [0.2, 0.25) is 0 Å². The lowest BCUT2D eigenvalue weighted by Crippen LogP contribution is -2.27. The largest absolute Gasteiger partial charge is 0.417 e. The molecule has 0 bridgehead atoms. The third kappa shape index (κ3) is 6.82. The molecule has 4 aromatic rings. The number of halogens is 4. The second-order valence-corrected chi connectivity index (χ2v) is 10.1. The molecule has 0 spiro atoms. The van der Waals surface area contributed by atoms with Gasteiger partial charge in [0, 0.05) is 17.8 Å². The number of rotatable bonds is 7. The van der Waals surface area contributed by atoms with Crippen molar-refractivity contribution in [3.63, 3.8) is 0 Å². The molecule has 0 saturated carbocycles. The van der Waals surface area contributed by atoms with Gasteiger partial charge in [0.1, 0.15) is 5.82 Å². The molecular weight excluding hydrogens is 530 g/mol. The lowest BCUT2D eigenvalue weighted by atomic mass is 9.98. The molecule has 210 valence electrons. The molecule has 1 atom stereocenters. The van der Waals surface area contributed by atoms with Crippen molar-refractivity contribution in [2.24, 2.45) is 4.99 Å². The fourth-order valence-electron chi connectivity index (χ4n) is 5.11. The first kappa shape index (κ1) is 28.1. The van der Waals surface area contributed by atoms with Crippen LogP contribution in [-0.2, 0) is 19.0 Å². The summed E-state index contributed by atoms with van der Waals surface area (Å²) in [6.45, 7) is 2.45. The molecule has 1 aliphatic rings. The molecule has 1 aliphatic carbocycles. The Hall–Kier alpha value is -4.46. The van der Waals surface area contributed by atoms with Gasteiger partial charge in [-0.1, -0.05) is 48.5 Å². The number of benzene rings is 4. The maximum absolute atomic E-state index is 13.4. The molecule has 0 radical (unpaired) electrons. The van der Waals surface area contributed by atoms with Crippen LogP contribution >= 0.6 is 0 Å². The first-order valence-corrected chi connectivity index (χ1v) is 13.4. The molecule has 0 aromatic heterocycles. The Morgan fingerprint density at radius 1 is 0.951 bits per heavy atom. The minimum Gasteiger partial charge on any atom is -0.345 e. The van der Waals surface area contributed by atoms with Crippen LogP contribution in [0.15, 0.2) is 96.0 Å². The van der Waals surface area contributed by atoms with Gasteiger partial charge in [-0.3, -0.25) is 9.79 Å². The quantitative estimate of drug-likeness (QED) is 0.137. The average Bonchev–Trinajstić information content (AvgIpc) is 3.35. The van der Waals surface area contributed by atoms with Gasteiger partial charge in [-0.15, -0.1) is 0 Å². The highest BCUT2D eigenvalue weighted by Crippen LogP contribution is 2.37. The molecule has 0 fully saturated rings. The second-order valence-electron chi connectivity index (χ2n) is 10.1. The Kier molecular flexibility index (Phi) is 8.19. The third-order valence-electron chi connectivity index (χ3n) is 7.21.